The number of oxazole rings is 1. The van der Waals surface area contributed by atoms with Gasteiger partial charge in [0.2, 0.25) is 0 Å². The molecule has 2 rings (SSSR count). The molecule has 0 atom stereocenters. The Balaban J connectivity index is 2.17. The number of halogens is 1. The van der Waals surface area contributed by atoms with Gasteiger partial charge < -0.3 is 9.15 Å². The quantitative estimate of drug-likeness (QED) is 0.922. The molecule has 5 nitrogen and oxygen atoms in total. The summed E-state index contributed by atoms with van der Waals surface area (Å²) in [5.74, 6) is 0.535. The maximum atomic E-state index is 11.3. The lowest BCUT2D eigenvalue weighted by molar-refractivity contribution is 0.168. The Morgan fingerprint density at radius 2 is 2.39 bits per heavy atom. The molecule has 18 heavy (non-hydrogen) atoms. The number of hydrogen-bond acceptors (Lipinski definition) is 4. The van der Waals surface area contributed by atoms with E-state index >= 15 is 0 Å². The summed E-state index contributed by atoms with van der Waals surface area (Å²) in [4.78, 5) is 15.1. The first kappa shape index (κ1) is 12.4. The van der Waals surface area contributed by atoms with Crippen molar-refractivity contribution in [1.29, 1.82) is 0 Å². The maximum Gasteiger partial charge on any atom is 0.411 e. The Morgan fingerprint density at radius 1 is 1.56 bits per heavy atom. The van der Waals surface area contributed by atoms with E-state index in [-0.39, 0.29) is 5.35 Å². The normalized spacial score (nSPS) is 10.1. The fraction of sp³-hybridized carbons (Fsp3) is 0.167. The molecular formula is C12H11ClN2O3. The third-order valence-corrected chi connectivity index (χ3v) is 2.32. The zero-order valence-corrected chi connectivity index (χ0v) is 10.4. The van der Waals surface area contributed by atoms with Crippen molar-refractivity contribution >= 4 is 23.4 Å². The van der Waals surface area contributed by atoms with Crippen LogP contribution in [-0.4, -0.2) is 17.7 Å². The average Bonchev–Trinajstić information content (AvgIpc) is 2.76. The second kappa shape index (κ2) is 5.55. The summed E-state index contributed by atoms with van der Waals surface area (Å²) in [6, 6.07) is 7.10. The monoisotopic (exact) mass is 266 g/mol. The molecule has 0 radical (unpaired) electrons. The number of amides is 1. The van der Waals surface area contributed by atoms with Gasteiger partial charge in [-0.3, -0.25) is 5.32 Å². The smallest absolute Gasteiger partial charge is 0.411 e. The fourth-order valence-electron chi connectivity index (χ4n) is 1.42. The van der Waals surface area contributed by atoms with Crippen LogP contribution in [0.2, 0.25) is 5.35 Å². The molecule has 0 saturated heterocycles. The van der Waals surface area contributed by atoms with Crippen LogP contribution in [0.4, 0.5) is 10.5 Å². The van der Waals surface area contributed by atoms with E-state index in [1.807, 2.05) is 6.07 Å². The van der Waals surface area contributed by atoms with Crippen LogP contribution in [0.25, 0.3) is 11.3 Å². The van der Waals surface area contributed by atoms with E-state index in [9.17, 15) is 4.79 Å². The second-order valence-electron chi connectivity index (χ2n) is 3.40. The Kier molecular flexibility index (Phi) is 3.84. The van der Waals surface area contributed by atoms with Gasteiger partial charge in [0.15, 0.2) is 5.76 Å². The van der Waals surface area contributed by atoms with E-state index in [0.717, 1.165) is 5.56 Å². The molecule has 0 saturated carbocycles. The molecule has 0 unspecified atom stereocenters. The van der Waals surface area contributed by atoms with Crippen molar-refractivity contribution in [2.24, 2.45) is 0 Å². The highest BCUT2D eigenvalue weighted by atomic mass is 35.5. The summed E-state index contributed by atoms with van der Waals surface area (Å²) in [5.41, 5.74) is 1.38. The SMILES string of the molecule is CCOC(=O)Nc1cccc(-c2cnc(Cl)o2)c1. The summed E-state index contributed by atoms with van der Waals surface area (Å²) in [7, 11) is 0. The van der Waals surface area contributed by atoms with Gasteiger partial charge in [0.05, 0.1) is 12.8 Å². The van der Waals surface area contributed by atoms with Crippen molar-refractivity contribution < 1.29 is 13.9 Å². The highest BCUT2D eigenvalue weighted by Gasteiger charge is 2.07. The number of nitrogens with zero attached hydrogens (tertiary/aromatic N) is 1. The van der Waals surface area contributed by atoms with Gasteiger partial charge >= 0.3 is 6.09 Å². The molecule has 6 heteroatoms. The lowest BCUT2D eigenvalue weighted by Crippen LogP contribution is -2.13. The average molecular weight is 267 g/mol. The van der Waals surface area contributed by atoms with Crippen molar-refractivity contribution in [2.45, 2.75) is 6.92 Å². The second-order valence-corrected chi connectivity index (χ2v) is 3.73. The van der Waals surface area contributed by atoms with Crippen molar-refractivity contribution in [2.75, 3.05) is 11.9 Å². The van der Waals surface area contributed by atoms with E-state index in [1.165, 1.54) is 6.20 Å². The van der Waals surface area contributed by atoms with Gasteiger partial charge in [0, 0.05) is 11.3 Å². The number of benzene rings is 1. The summed E-state index contributed by atoms with van der Waals surface area (Å²) >= 11 is 5.61. The van der Waals surface area contributed by atoms with Crippen molar-refractivity contribution in [3.63, 3.8) is 0 Å². The third-order valence-electron chi connectivity index (χ3n) is 2.15. The first-order valence-electron chi connectivity index (χ1n) is 5.34. The summed E-state index contributed by atoms with van der Waals surface area (Å²) in [5, 5.41) is 2.68. The van der Waals surface area contributed by atoms with E-state index in [2.05, 4.69) is 10.3 Å². The molecule has 0 aliphatic carbocycles. The van der Waals surface area contributed by atoms with E-state index in [1.54, 1.807) is 25.1 Å². The molecule has 0 aliphatic heterocycles. The molecule has 1 heterocycles. The lowest BCUT2D eigenvalue weighted by Gasteiger charge is -2.05. The number of carbonyl (C=O) groups excluding carboxylic acids is 1. The fourth-order valence-corrected chi connectivity index (χ4v) is 1.55. The molecule has 0 spiro atoms. The molecule has 2 aromatic rings. The number of ether oxygens (including phenoxy) is 1. The number of carbonyl (C=O) groups is 1. The highest BCUT2D eigenvalue weighted by Crippen LogP contribution is 2.24. The van der Waals surface area contributed by atoms with Crippen LogP contribution in [0.1, 0.15) is 6.92 Å². The molecule has 0 bridgehead atoms. The van der Waals surface area contributed by atoms with Crippen LogP contribution < -0.4 is 5.32 Å². The van der Waals surface area contributed by atoms with Gasteiger partial charge in [-0.1, -0.05) is 12.1 Å². The summed E-state index contributed by atoms with van der Waals surface area (Å²) in [6.07, 6.45) is 1.02. The number of rotatable bonds is 3. The van der Waals surface area contributed by atoms with Crippen LogP contribution in [-0.2, 0) is 4.74 Å². The van der Waals surface area contributed by atoms with E-state index in [4.69, 9.17) is 20.8 Å². The van der Waals surface area contributed by atoms with Gasteiger partial charge in [0.1, 0.15) is 0 Å². The Labute approximate surface area is 109 Å². The van der Waals surface area contributed by atoms with Crippen molar-refractivity contribution in [3.8, 4) is 11.3 Å². The largest absolute Gasteiger partial charge is 0.450 e. The van der Waals surface area contributed by atoms with E-state index in [0.29, 0.717) is 18.1 Å². The van der Waals surface area contributed by atoms with Gasteiger partial charge in [-0.15, -0.1) is 0 Å². The Morgan fingerprint density at radius 3 is 3.06 bits per heavy atom. The molecule has 1 N–H and O–H groups in total. The Hall–Kier alpha value is -2.01. The molecule has 0 aliphatic rings. The van der Waals surface area contributed by atoms with Crippen molar-refractivity contribution in [1.82, 2.24) is 4.98 Å². The minimum absolute atomic E-state index is 0.0776. The highest BCUT2D eigenvalue weighted by molar-refractivity contribution is 6.27. The van der Waals surface area contributed by atoms with Crippen LogP contribution in [0.3, 0.4) is 0 Å². The standard InChI is InChI=1S/C12H11ClN2O3/c1-2-17-12(16)15-9-5-3-4-8(6-9)10-7-14-11(13)18-10/h3-7H,2H2,1H3,(H,15,16). The number of anilines is 1. The first-order chi connectivity index (χ1) is 8.69. The van der Waals surface area contributed by atoms with Gasteiger partial charge in [-0.2, -0.15) is 0 Å². The van der Waals surface area contributed by atoms with Gasteiger partial charge in [-0.05, 0) is 30.7 Å². The molecular weight excluding hydrogens is 256 g/mol. The topological polar surface area (TPSA) is 64.4 Å². The Bertz CT molecular complexity index is 554. The number of hydrogen-bond donors (Lipinski definition) is 1. The molecule has 94 valence electrons. The van der Waals surface area contributed by atoms with Gasteiger partial charge in [0.25, 0.3) is 5.35 Å². The predicted molar refractivity (Wildman–Crippen MR) is 67.6 cm³/mol. The maximum absolute atomic E-state index is 11.3. The zero-order valence-electron chi connectivity index (χ0n) is 9.64. The minimum Gasteiger partial charge on any atom is -0.450 e. The minimum atomic E-state index is -0.495. The molecule has 1 aromatic carbocycles. The molecule has 1 amide bonds. The number of aromatic nitrogens is 1. The third kappa shape index (κ3) is 3.01. The van der Waals surface area contributed by atoms with Crippen LogP contribution in [0, 0.1) is 0 Å². The van der Waals surface area contributed by atoms with E-state index < -0.39 is 6.09 Å². The summed E-state index contributed by atoms with van der Waals surface area (Å²) in [6.45, 7) is 2.07. The lowest BCUT2D eigenvalue weighted by atomic mass is 10.1. The van der Waals surface area contributed by atoms with Crippen LogP contribution >= 0.6 is 11.6 Å². The molecule has 1 aromatic heterocycles. The number of nitrogens with one attached hydrogen (secondary N) is 1. The van der Waals surface area contributed by atoms with Crippen molar-refractivity contribution in [3.05, 3.63) is 35.8 Å². The van der Waals surface area contributed by atoms with Gasteiger partial charge in [-0.25, -0.2) is 9.78 Å². The van der Waals surface area contributed by atoms with Crippen LogP contribution in [0.15, 0.2) is 34.9 Å². The predicted octanol–water partition coefficient (Wildman–Crippen LogP) is 3.56. The first-order valence-corrected chi connectivity index (χ1v) is 5.72. The zero-order chi connectivity index (χ0) is 13.0. The summed E-state index contributed by atoms with van der Waals surface area (Å²) < 4.78 is 9.98. The van der Waals surface area contributed by atoms with Crippen LogP contribution in [0.5, 0.6) is 0 Å². The molecule has 0 fully saturated rings.